The molecule has 1 fully saturated rings. The first-order valence-corrected chi connectivity index (χ1v) is 10.2. The first-order valence-electron chi connectivity index (χ1n) is 9.78. The molecule has 148 valence electrons. The van der Waals surface area contributed by atoms with Gasteiger partial charge in [0.15, 0.2) is 0 Å². The molecular weight excluding hydrogens is 386 g/mol. The molecule has 1 amide bonds. The molecule has 1 aromatic heterocycles. The summed E-state index contributed by atoms with van der Waals surface area (Å²) in [5, 5.41) is 3.72. The summed E-state index contributed by atoms with van der Waals surface area (Å²) in [5.41, 5.74) is 2.45. The molecule has 29 heavy (non-hydrogen) atoms. The Labute approximate surface area is 174 Å². The lowest BCUT2D eigenvalue weighted by atomic mass is 9.64. The Morgan fingerprint density at radius 1 is 1.17 bits per heavy atom. The predicted molar refractivity (Wildman–Crippen MR) is 115 cm³/mol. The van der Waals surface area contributed by atoms with Gasteiger partial charge in [-0.15, -0.1) is 0 Å². The van der Waals surface area contributed by atoms with Crippen LogP contribution in [-0.4, -0.2) is 15.9 Å². The topological polar surface area (TPSA) is 74.8 Å². The molecule has 4 rings (SSSR count). The highest BCUT2D eigenvalue weighted by Crippen LogP contribution is 2.45. The number of amides is 1. The first kappa shape index (κ1) is 19.4. The first-order chi connectivity index (χ1) is 14.0. The fraction of sp³-hybridized carbons (Fsp3) is 0.261. The highest BCUT2D eigenvalue weighted by molar-refractivity contribution is 6.30. The quantitative estimate of drug-likeness (QED) is 0.643. The summed E-state index contributed by atoms with van der Waals surface area (Å²) in [6, 6.07) is 16.4. The average Bonchev–Trinajstić information content (AvgIpc) is 2.68. The van der Waals surface area contributed by atoms with Crippen molar-refractivity contribution in [3.63, 3.8) is 0 Å². The van der Waals surface area contributed by atoms with E-state index in [0.717, 1.165) is 36.1 Å². The van der Waals surface area contributed by atoms with E-state index in [1.807, 2.05) is 55.5 Å². The van der Waals surface area contributed by atoms with Crippen molar-refractivity contribution in [2.75, 3.05) is 5.32 Å². The molecule has 3 aromatic rings. The van der Waals surface area contributed by atoms with E-state index >= 15 is 0 Å². The lowest BCUT2D eigenvalue weighted by Crippen LogP contribution is -2.46. The summed E-state index contributed by atoms with van der Waals surface area (Å²) < 4.78 is 0. The van der Waals surface area contributed by atoms with Gasteiger partial charge in [-0.2, -0.15) is 0 Å². The highest BCUT2D eigenvalue weighted by Gasteiger charge is 2.45. The minimum atomic E-state index is -0.519. The Bertz CT molecular complexity index is 1100. The van der Waals surface area contributed by atoms with E-state index in [9.17, 15) is 9.59 Å². The molecule has 0 radical (unpaired) electrons. The monoisotopic (exact) mass is 407 g/mol. The van der Waals surface area contributed by atoms with Gasteiger partial charge in [0, 0.05) is 28.0 Å². The molecule has 0 aliphatic heterocycles. The Hall–Kier alpha value is -2.92. The van der Waals surface area contributed by atoms with Gasteiger partial charge in [-0.05, 0) is 49.1 Å². The fourth-order valence-electron chi connectivity index (χ4n) is 3.77. The standard InChI is InChI=1S/C23H22ClN3O2/c1-2-18-14-20(28)27-21(25-18)15-5-3-6-19(13-15)26-22(29)23(11-4-12-23)16-7-9-17(24)10-8-16/h3,5-10,13-14H,2,4,11-12H2,1H3,(H,26,29)(H,25,27,28). The van der Waals surface area contributed by atoms with Crippen molar-refractivity contribution in [3.05, 3.63) is 81.2 Å². The van der Waals surface area contributed by atoms with Crippen molar-refractivity contribution in [2.24, 2.45) is 0 Å². The third-order valence-corrected chi connectivity index (χ3v) is 5.84. The van der Waals surface area contributed by atoms with Gasteiger partial charge < -0.3 is 10.3 Å². The number of hydrogen-bond acceptors (Lipinski definition) is 3. The van der Waals surface area contributed by atoms with Crippen LogP contribution in [0.4, 0.5) is 5.69 Å². The van der Waals surface area contributed by atoms with Gasteiger partial charge in [0.25, 0.3) is 5.56 Å². The number of rotatable bonds is 5. The molecule has 0 spiro atoms. The summed E-state index contributed by atoms with van der Waals surface area (Å²) in [5.74, 6) is 0.480. The molecule has 1 aliphatic rings. The second-order valence-electron chi connectivity index (χ2n) is 7.42. The lowest BCUT2D eigenvalue weighted by molar-refractivity contribution is -0.124. The van der Waals surface area contributed by atoms with Crippen LogP contribution in [-0.2, 0) is 16.6 Å². The van der Waals surface area contributed by atoms with Crippen molar-refractivity contribution in [1.29, 1.82) is 0 Å². The number of carbonyl (C=O) groups is 1. The van der Waals surface area contributed by atoms with Crippen LogP contribution in [0.2, 0.25) is 5.02 Å². The number of aromatic nitrogens is 2. The predicted octanol–water partition coefficient (Wildman–Crippen LogP) is 4.71. The Kier molecular flexibility index (Phi) is 5.24. The van der Waals surface area contributed by atoms with Crippen LogP contribution in [0.3, 0.4) is 0 Å². The maximum atomic E-state index is 13.2. The van der Waals surface area contributed by atoms with Gasteiger partial charge in [-0.3, -0.25) is 9.59 Å². The van der Waals surface area contributed by atoms with Gasteiger partial charge in [0.05, 0.1) is 5.41 Å². The molecular formula is C23H22ClN3O2. The van der Waals surface area contributed by atoms with E-state index in [1.165, 1.54) is 6.07 Å². The van der Waals surface area contributed by atoms with Crippen molar-refractivity contribution >= 4 is 23.2 Å². The number of aryl methyl sites for hydroxylation is 1. The minimum absolute atomic E-state index is 0.0213. The van der Waals surface area contributed by atoms with Crippen LogP contribution in [0.25, 0.3) is 11.4 Å². The normalized spacial score (nSPS) is 14.8. The summed E-state index contributed by atoms with van der Waals surface area (Å²) in [6.45, 7) is 1.96. The number of carbonyl (C=O) groups excluding carboxylic acids is 1. The fourth-order valence-corrected chi connectivity index (χ4v) is 3.89. The van der Waals surface area contributed by atoms with Crippen LogP contribution in [0.1, 0.15) is 37.4 Å². The maximum absolute atomic E-state index is 13.2. The van der Waals surface area contributed by atoms with Crippen LogP contribution < -0.4 is 10.9 Å². The van der Waals surface area contributed by atoms with Crippen LogP contribution in [0.15, 0.2) is 59.4 Å². The molecule has 1 heterocycles. The number of nitrogens with one attached hydrogen (secondary N) is 2. The van der Waals surface area contributed by atoms with Crippen LogP contribution >= 0.6 is 11.6 Å². The van der Waals surface area contributed by atoms with E-state index < -0.39 is 5.41 Å². The summed E-state index contributed by atoms with van der Waals surface area (Å²) in [6.07, 6.45) is 3.32. The Balaban J connectivity index is 1.61. The van der Waals surface area contributed by atoms with Gasteiger partial charge in [-0.1, -0.05) is 49.2 Å². The minimum Gasteiger partial charge on any atom is -0.325 e. The van der Waals surface area contributed by atoms with Crippen molar-refractivity contribution in [3.8, 4) is 11.4 Å². The van der Waals surface area contributed by atoms with E-state index in [1.54, 1.807) is 0 Å². The van der Waals surface area contributed by atoms with Gasteiger partial charge >= 0.3 is 0 Å². The molecule has 1 aliphatic carbocycles. The number of benzene rings is 2. The van der Waals surface area contributed by atoms with Gasteiger partial charge in [0.1, 0.15) is 5.82 Å². The van der Waals surface area contributed by atoms with Crippen LogP contribution in [0.5, 0.6) is 0 Å². The Morgan fingerprint density at radius 3 is 2.59 bits per heavy atom. The Morgan fingerprint density at radius 2 is 1.93 bits per heavy atom. The largest absolute Gasteiger partial charge is 0.325 e. The zero-order valence-corrected chi connectivity index (χ0v) is 16.9. The maximum Gasteiger partial charge on any atom is 0.251 e. The van der Waals surface area contributed by atoms with E-state index in [2.05, 4.69) is 15.3 Å². The molecule has 0 atom stereocenters. The second kappa shape index (κ2) is 7.84. The number of nitrogens with zero attached hydrogens (tertiary/aromatic N) is 1. The summed E-state index contributed by atoms with van der Waals surface area (Å²) >= 11 is 6.01. The number of anilines is 1. The second-order valence-corrected chi connectivity index (χ2v) is 7.85. The zero-order chi connectivity index (χ0) is 20.4. The molecule has 0 saturated heterocycles. The number of H-pyrrole nitrogens is 1. The third-order valence-electron chi connectivity index (χ3n) is 5.59. The number of halogens is 1. The van der Waals surface area contributed by atoms with E-state index in [0.29, 0.717) is 23.0 Å². The van der Waals surface area contributed by atoms with Gasteiger partial charge in [-0.25, -0.2) is 4.98 Å². The zero-order valence-electron chi connectivity index (χ0n) is 16.2. The van der Waals surface area contributed by atoms with Gasteiger partial charge in [0.2, 0.25) is 5.91 Å². The van der Waals surface area contributed by atoms with Crippen molar-refractivity contribution in [2.45, 2.75) is 38.0 Å². The highest BCUT2D eigenvalue weighted by atomic mass is 35.5. The van der Waals surface area contributed by atoms with Crippen LogP contribution in [0, 0.1) is 0 Å². The summed E-state index contributed by atoms with van der Waals surface area (Å²) in [7, 11) is 0. The third kappa shape index (κ3) is 3.83. The van der Waals surface area contributed by atoms with Crippen molar-refractivity contribution in [1.82, 2.24) is 9.97 Å². The van der Waals surface area contributed by atoms with E-state index in [4.69, 9.17) is 11.6 Å². The molecule has 0 unspecified atom stereocenters. The summed E-state index contributed by atoms with van der Waals surface area (Å²) in [4.78, 5) is 32.3. The SMILES string of the molecule is CCc1cc(=O)[nH]c(-c2cccc(NC(=O)C3(c4ccc(Cl)cc4)CCC3)c2)n1. The van der Waals surface area contributed by atoms with E-state index in [-0.39, 0.29) is 11.5 Å². The molecule has 6 heteroatoms. The lowest BCUT2D eigenvalue weighted by Gasteiger charge is -2.40. The molecule has 2 N–H and O–H groups in total. The average molecular weight is 408 g/mol. The molecule has 5 nitrogen and oxygen atoms in total. The number of hydrogen-bond donors (Lipinski definition) is 2. The number of aromatic amines is 1. The molecule has 2 aromatic carbocycles. The molecule has 0 bridgehead atoms. The molecule has 1 saturated carbocycles. The smallest absolute Gasteiger partial charge is 0.251 e. The van der Waals surface area contributed by atoms with Crippen molar-refractivity contribution < 1.29 is 4.79 Å².